The van der Waals surface area contributed by atoms with Crippen molar-refractivity contribution in [3.05, 3.63) is 45.9 Å². The van der Waals surface area contributed by atoms with Gasteiger partial charge in [-0.1, -0.05) is 0 Å². The highest BCUT2D eigenvalue weighted by molar-refractivity contribution is 7.07. The SMILES string of the molecule is CN(Cc1cscn1)c1ccc(C(=O)O)c(C(F)(F)F)c1. The molecule has 0 aliphatic rings. The van der Waals surface area contributed by atoms with Gasteiger partial charge >= 0.3 is 12.1 Å². The Morgan fingerprint density at radius 1 is 1.43 bits per heavy atom. The van der Waals surface area contributed by atoms with Crippen LogP contribution in [-0.2, 0) is 12.7 Å². The van der Waals surface area contributed by atoms with E-state index in [4.69, 9.17) is 5.11 Å². The number of hydrogen-bond acceptors (Lipinski definition) is 4. The number of aromatic carboxylic acids is 1. The third-order valence-corrected chi connectivity index (χ3v) is 3.50. The molecule has 1 N–H and O–H groups in total. The number of alkyl halides is 3. The van der Waals surface area contributed by atoms with Crippen molar-refractivity contribution in [2.45, 2.75) is 12.7 Å². The van der Waals surface area contributed by atoms with Gasteiger partial charge in [0, 0.05) is 18.1 Å². The predicted octanol–water partition coefficient (Wildman–Crippen LogP) is 3.50. The van der Waals surface area contributed by atoms with Gasteiger partial charge in [0.1, 0.15) is 0 Å². The molecule has 0 aliphatic carbocycles. The molecule has 2 aromatic rings. The quantitative estimate of drug-likeness (QED) is 0.938. The standard InChI is InChI=1S/C13H11F3N2O2S/c1-18(5-8-6-21-7-17-8)9-2-3-10(12(19)20)11(4-9)13(14,15)16/h2-4,6-7H,5H2,1H3,(H,19,20). The van der Waals surface area contributed by atoms with E-state index < -0.39 is 23.3 Å². The van der Waals surface area contributed by atoms with Crippen molar-refractivity contribution in [3.8, 4) is 0 Å². The van der Waals surface area contributed by atoms with E-state index in [2.05, 4.69) is 4.98 Å². The van der Waals surface area contributed by atoms with E-state index in [0.29, 0.717) is 6.54 Å². The fraction of sp³-hybridized carbons (Fsp3) is 0.231. The lowest BCUT2D eigenvalue weighted by atomic mass is 10.1. The summed E-state index contributed by atoms with van der Waals surface area (Å²) in [5.74, 6) is -1.60. The number of aromatic nitrogens is 1. The van der Waals surface area contributed by atoms with Gasteiger partial charge < -0.3 is 10.0 Å². The number of carbonyl (C=O) groups is 1. The Labute approximate surface area is 122 Å². The van der Waals surface area contributed by atoms with E-state index in [-0.39, 0.29) is 5.69 Å². The van der Waals surface area contributed by atoms with Gasteiger partial charge in [-0.2, -0.15) is 13.2 Å². The average molecular weight is 316 g/mol. The van der Waals surface area contributed by atoms with Crippen LogP contribution < -0.4 is 4.90 Å². The summed E-state index contributed by atoms with van der Waals surface area (Å²) in [4.78, 5) is 16.5. The molecule has 1 heterocycles. The molecule has 0 spiro atoms. The van der Waals surface area contributed by atoms with Gasteiger partial charge in [0.2, 0.25) is 0 Å². The smallest absolute Gasteiger partial charge is 0.417 e. The molecule has 0 radical (unpaired) electrons. The third-order valence-electron chi connectivity index (χ3n) is 2.86. The lowest BCUT2D eigenvalue weighted by Gasteiger charge is -2.20. The zero-order valence-corrected chi connectivity index (χ0v) is 11.7. The number of anilines is 1. The Balaban J connectivity index is 2.35. The maximum atomic E-state index is 12.9. The molecule has 1 aromatic heterocycles. The van der Waals surface area contributed by atoms with Gasteiger partial charge in [0.25, 0.3) is 0 Å². The predicted molar refractivity (Wildman–Crippen MR) is 72.6 cm³/mol. The molecule has 4 nitrogen and oxygen atoms in total. The average Bonchev–Trinajstić information content (AvgIpc) is 2.89. The van der Waals surface area contributed by atoms with Crippen LogP contribution in [0.3, 0.4) is 0 Å². The molecular weight excluding hydrogens is 305 g/mol. The molecule has 21 heavy (non-hydrogen) atoms. The topological polar surface area (TPSA) is 53.4 Å². The van der Waals surface area contributed by atoms with Crippen molar-refractivity contribution >= 4 is 23.0 Å². The van der Waals surface area contributed by atoms with Gasteiger partial charge in [-0.15, -0.1) is 11.3 Å². The zero-order chi connectivity index (χ0) is 15.6. The lowest BCUT2D eigenvalue weighted by molar-refractivity contribution is -0.138. The number of halogens is 3. The van der Waals surface area contributed by atoms with E-state index in [1.807, 2.05) is 0 Å². The maximum Gasteiger partial charge on any atom is 0.417 e. The molecule has 0 unspecified atom stereocenters. The second-order valence-corrected chi connectivity index (χ2v) is 5.09. The Bertz CT molecular complexity index is 641. The first kappa shape index (κ1) is 15.3. The number of carboxylic acids is 1. The molecule has 0 saturated carbocycles. The van der Waals surface area contributed by atoms with Gasteiger partial charge in [-0.05, 0) is 18.2 Å². The fourth-order valence-corrected chi connectivity index (χ4v) is 2.39. The summed E-state index contributed by atoms with van der Waals surface area (Å²) in [5, 5.41) is 10.6. The molecule has 0 amide bonds. The summed E-state index contributed by atoms with van der Waals surface area (Å²) in [6.07, 6.45) is -4.72. The summed E-state index contributed by atoms with van der Waals surface area (Å²) in [7, 11) is 1.62. The van der Waals surface area contributed by atoms with Gasteiger partial charge in [0.05, 0.1) is 28.9 Å². The summed E-state index contributed by atoms with van der Waals surface area (Å²) in [6.45, 7) is 0.340. The van der Waals surface area contributed by atoms with E-state index in [9.17, 15) is 18.0 Å². The van der Waals surface area contributed by atoms with E-state index in [0.717, 1.165) is 17.8 Å². The Morgan fingerprint density at radius 2 is 2.14 bits per heavy atom. The number of nitrogens with zero attached hydrogens (tertiary/aromatic N) is 2. The van der Waals surface area contributed by atoms with Crippen LogP contribution in [0.25, 0.3) is 0 Å². The first-order chi connectivity index (χ1) is 9.79. The number of benzene rings is 1. The van der Waals surface area contributed by atoms with Crippen molar-refractivity contribution in [2.75, 3.05) is 11.9 Å². The summed E-state index contributed by atoms with van der Waals surface area (Å²) >= 11 is 1.40. The highest BCUT2D eigenvalue weighted by Gasteiger charge is 2.35. The highest BCUT2D eigenvalue weighted by atomic mass is 32.1. The minimum absolute atomic E-state index is 0.278. The molecule has 0 bridgehead atoms. The Kier molecular flexibility index (Phi) is 4.17. The zero-order valence-electron chi connectivity index (χ0n) is 10.9. The monoisotopic (exact) mass is 316 g/mol. The van der Waals surface area contributed by atoms with Crippen LogP contribution in [0.5, 0.6) is 0 Å². The van der Waals surface area contributed by atoms with Crippen LogP contribution in [0.4, 0.5) is 18.9 Å². The van der Waals surface area contributed by atoms with Crippen molar-refractivity contribution in [1.82, 2.24) is 4.98 Å². The minimum Gasteiger partial charge on any atom is -0.478 e. The van der Waals surface area contributed by atoms with Crippen LogP contribution >= 0.6 is 11.3 Å². The molecule has 1 aromatic carbocycles. The van der Waals surface area contributed by atoms with Crippen LogP contribution in [0.2, 0.25) is 0 Å². The minimum atomic E-state index is -4.72. The van der Waals surface area contributed by atoms with Crippen molar-refractivity contribution in [1.29, 1.82) is 0 Å². The first-order valence-electron chi connectivity index (χ1n) is 5.82. The third kappa shape index (κ3) is 3.52. The van der Waals surface area contributed by atoms with Crippen molar-refractivity contribution in [2.24, 2.45) is 0 Å². The molecule has 0 saturated heterocycles. The molecule has 0 fully saturated rings. The van der Waals surface area contributed by atoms with Crippen LogP contribution in [-0.4, -0.2) is 23.1 Å². The number of hydrogen-bond donors (Lipinski definition) is 1. The normalized spacial score (nSPS) is 11.4. The number of carboxylic acid groups (broad SMARTS) is 1. The Morgan fingerprint density at radius 3 is 2.67 bits per heavy atom. The molecular formula is C13H11F3N2O2S. The highest BCUT2D eigenvalue weighted by Crippen LogP contribution is 2.34. The van der Waals surface area contributed by atoms with Crippen LogP contribution in [0.1, 0.15) is 21.6 Å². The largest absolute Gasteiger partial charge is 0.478 e. The molecule has 0 aliphatic heterocycles. The van der Waals surface area contributed by atoms with Crippen molar-refractivity contribution < 1.29 is 23.1 Å². The lowest BCUT2D eigenvalue weighted by Crippen LogP contribution is -2.19. The van der Waals surface area contributed by atoms with Crippen LogP contribution in [0.15, 0.2) is 29.1 Å². The fourth-order valence-electron chi connectivity index (χ4n) is 1.84. The molecule has 0 atom stereocenters. The van der Waals surface area contributed by atoms with E-state index in [1.54, 1.807) is 22.8 Å². The van der Waals surface area contributed by atoms with E-state index >= 15 is 0 Å². The second-order valence-electron chi connectivity index (χ2n) is 4.37. The maximum absolute atomic E-state index is 12.9. The van der Waals surface area contributed by atoms with Crippen LogP contribution in [0, 0.1) is 0 Å². The number of thiazole rings is 1. The molecule has 8 heteroatoms. The Hall–Kier alpha value is -2.09. The molecule has 112 valence electrons. The van der Waals surface area contributed by atoms with Gasteiger partial charge in [0.15, 0.2) is 0 Å². The summed E-state index contributed by atoms with van der Waals surface area (Å²) in [5.41, 5.74) is 0.738. The summed E-state index contributed by atoms with van der Waals surface area (Å²) < 4.78 is 38.8. The van der Waals surface area contributed by atoms with Gasteiger partial charge in [-0.25, -0.2) is 9.78 Å². The number of rotatable bonds is 4. The summed E-state index contributed by atoms with van der Waals surface area (Å²) in [6, 6.07) is 3.17. The van der Waals surface area contributed by atoms with Gasteiger partial charge in [-0.3, -0.25) is 0 Å². The second kappa shape index (κ2) is 5.72. The first-order valence-corrected chi connectivity index (χ1v) is 6.76. The van der Waals surface area contributed by atoms with Crippen molar-refractivity contribution in [3.63, 3.8) is 0 Å². The van der Waals surface area contributed by atoms with E-state index in [1.165, 1.54) is 17.4 Å². The molecule has 2 rings (SSSR count).